The lowest BCUT2D eigenvalue weighted by molar-refractivity contribution is -0.0447. The first-order valence-corrected chi connectivity index (χ1v) is 14.9. The molecule has 3 aromatic carbocycles. The molecule has 234 valence electrons. The van der Waals surface area contributed by atoms with E-state index < -0.39 is 0 Å². The van der Waals surface area contributed by atoms with Crippen molar-refractivity contribution in [3.05, 3.63) is 106 Å². The fraction of sp³-hybridized carbons (Fsp3) is 0.314. The van der Waals surface area contributed by atoms with Gasteiger partial charge in [0.15, 0.2) is 5.82 Å². The topological polar surface area (TPSA) is 126 Å². The molecule has 5 rings (SSSR count). The van der Waals surface area contributed by atoms with Crippen LogP contribution < -0.4 is 16.2 Å². The van der Waals surface area contributed by atoms with Crippen molar-refractivity contribution in [3.63, 3.8) is 0 Å². The van der Waals surface area contributed by atoms with Gasteiger partial charge >= 0.3 is 0 Å². The van der Waals surface area contributed by atoms with Gasteiger partial charge in [0.1, 0.15) is 0 Å². The van der Waals surface area contributed by atoms with E-state index in [4.69, 9.17) is 4.74 Å². The van der Waals surface area contributed by atoms with Crippen molar-refractivity contribution >= 4 is 29.0 Å². The van der Waals surface area contributed by atoms with E-state index in [0.717, 1.165) is 16.7 Å². The Kier molecular flexibility index (Phi) is 9.17. The Balaban J connectivity index is 1.34. The maximum atomic E-state index is 13.1. The van der Waals surface area contributed by atoms with Crippen molar-refractivity contribution < 1.29 is 19.4 Å². The third-order valence-corrected chi connectivity index (χ3v) is 7.97. The Morgan fingerprint density at radius 2 is 1.71 bits per heavy atom. The molecule has 10 heteroatoms. The standard InChI is InChI=1S/C35H39N5O5/c1-22-28(7-6-8-29(22)38-32(42)23-9-13-25(14-10-23)35(2,3)4)30-20-39(5)34(44)31(37-30)36-26-15-11-24(12-16-26)33(43)40-17-18-45-27(19-40)21-41/h6-16,20,27,41H,17-19,21H2,1-5H3,(H,36,37)(H,38,42). The molecule has 1 unspecified atom stereocenters. The fourth-order valence-electron chi connectivity index (χ4n) is 5.21. The number of hydrogen-bond donors (Lipinski definition) is 3. The zero-order valence-electron chi connectivity index (χ0n) is 26.3. The number of aryl methyl sites for hydroxylation is 1. The molecule has 1 aliphatic heterocycles. The molecular formula is C35H39N5O5. The zero-order valence-corrected chi connectivity index (χ0v) is 26.3. The van der Waals surface area contributed by atoms with Crippen LogP contribution in [0.25, 0.3) is 11.3 Å². The van der Waals surface area contributed by atoms with E-state index in [1.807, 2.05) is 49.4 Å². The summed E-state index contributed by atoms with van der Waals surface area (Å²) in [5.41, 5.74) is 5.26. The van der Waals surface area contributed by atoms with Crippen LogP contribution in [-0.2, 0) is 17.2 Å². The van der Waals surface area contributed by atoms with Crippen LogP contribution in [0.2, 0.25) is 0 Å². The van der Waals surface area contributed by atoms with Crippen LogP contribution in [0.15, 0.2) is 77.7 Å². The van der Waals surface area contributed by atoms with Gasteiger partial charge in [-0.25, -0.2) is 4.98 Å². The summed E-state index contributed by atoms with van der Waals surface area (Å²) >= 11 is 0. The highest BCUT2D eigenvalue weighted by atomic mass is 16.5. The predicted octanol–water partition coefficient (Wildman–Crippen LogP) is 4.88. The first-order valence-electron chi connectivity index (χ1n) is 14.9. The van der Waals surface area contributed by atoms with E-state index in [2.05, 4.69) is 36.4 Å². The van der Waals surface area contributed by atoms with Gasteiger partial charge in [-0.2, -0.15) is 0 Å². The minimum Gasteiger partial charge on any atom is -0.394 e. The summed E-state index contributed by atoms with van der Waals surface area (Å²) in [6.07, 6.45) is 1.28. The summed E-state index contributed by atoms with van der Waals surface area (Å²) in [5.74, 6) is -0.236. The van der Waals surface area contributed by atoms with Crippen LogP contribution in [0, 0.1) is 6.92 Å². The van der Waals surface area contributed by atoms with Crippen LogP contribution in [0.1, 0.15) is 52.6 Å². The number of aliphatic hydroxyl groups is 1. The van der Waals surface area contributed by atoms with Crippen LogP contribution in [0.3, 0.4) is 0 Å². The van der Waals surface area contributed by atoms with Crippen LogP contribution in [-0.4, -0.2) is 63.8 Å². The zero-order chi connectivity index (χ0) is 32.3. The highest BCUT2D eigenvalue weighted by Crippen LogP contribution is 2.29. The van der Waals surface area contributed by atoms with E-state index in [9.17, 15) is 19.5 Å². The Labute approximate surface area is 262 Å². The SMILES string of the molecule is Cc1c(NC(=O)c2ccc(C(C)(C)C)cc2)cccc1-c1cn(C)c(=O)c(Nc2ccc(C(=O)N3CCOC(CO)C3)cc2)n1. The third-order valence-electron chi connectivity index (χ3n) is 7.97. The summed E-state index contributed by atoms with van der Waals surface area (Å²) < 4.78 is 6.90. The molecule has 1 fully saturated rings. The number of carbonyl (C=O) groups is 2. The molecule has 1 aliphatic rings. The number of aromatic nitrogens is 2. The maximum Gasteiger partial charge on any atom is 0.293 e. The quantitative estimate of drug-likeness (QED) is 0.273. The lowest BCUT2D eigenvalue weighted by atomic mass is 9.86. The lowest BCUT2D eigenvalue weighted by Gasteiger charge is -2.32. The summed E-state index contributed by atoms with van der Waals surface area (Å²) in [5, 5.41) is 15.5. The summed E-state index contributed by atoms with van der Waals surface area (Å²) in [7, 11) is 1.66. The number of nitrogens with zero attached hydrogens (tertiary/aromatic N) is 3. The van der Waals surface area contributed by atoms with E-state index >= 15 is 0 Å². The second kappa shape index (κ2) is 13.1. The molecule has 0 saturated carbocycles. The summed E-state index contributed by atoms with van der Waals surface area (Å²) in [4.78, 5) is 45.4. The van der Waals surface area contributed by atoms with E-state index in [1.165, 1.54) is 4.57 Å². The molecular weight excluding hydrogens is 570 g/mol. The fourth-order valence-corrected chi connectivity index (χ4v) is 5.21. The number of ether oxygens (including phenoxy) is 1. The van der Waals surface area contributed by atoms with E-state index in [-0.39, 0.29) is 41.3 Å². The molecule has 0 aliphatic carbocycles. The molecule has 1 aromatic heterocycles. The van der Waals surface area contributed by atoms with Gasteiger partial charge in [0.25, 0.3) is 17.4 Å². The molecule has 0 bridgehead atoms. The average Bonchev–Trinajstić information content (AvgIpc) is 3.03. The second-order valence-corrected chi connectivity index (χ2v) is 12.3. The number of rotatable bonds is 7. The average molecular weight is 610 g/mol. The summed E-state index contributed by atoms with van der Waals surface area (Å²) in [6, 6.07) is 20.0. The first-order chi connectivity index (χ1) is 21.4. The number of hydrogen-bond acceptors (Lipinski definition) is 7. The van der Waals surface area contributed by atoms with Gasteiger partial charge in [-0.15, -0.1) is 0 Å². The number of nitrogens with one attached hydrogen (secondary N) is 2. The van der Waals surface area contributed by atoms with Crippen LogP contribution >= 0.6 is 0 Å². The molecule has 4 aromatic rings. The third kappa shape index (κ3) is 7.13. The number of carbonyl (C=O) groups excluding carboxylic acids is 2. The van der Waals surface area contributed by atoms with Crippen molar-refractivity contribution in [2.45, 2.75) is 39.2 Å². The number of aliphatic hydroxyl groups excluding tert-OH is 1. The lowest BCUT2D eigenvalue weighted by Crippen LogP contribution is -2.46. The number of morpholine rings is 1. The molecule has 45 heavy (non-hydrogen) atoms. The Morgan fingerprint density at radius 3 is 2.38 bits per heavy atom. The van der Waals surface area contributed by atoms with Gasteiger partial charge in [-0.1, -0.05) is 45.0 Å². The van der Waals surface area contributed by atoms with Gasteiger partial charge in [0, 0.05) is 54.4 Å². The van der Waals surface area contributed by atoms with Crippen molar-refractivity contribution in [2.24, 2.45) is 7.05 Å². The normalized spacial score (nSPS) is 15.1. The van der Waals surface area contributed by atoms with Crippen LogP contribution in [0.4, 0.5) is 17.2 Å². The highest BCUT2D eigenvalue weighted by molar-refractivity contribution is 6.05. The predicted molar refractivity (Wildman–Crippen MR) is 175 cm³/mol. The van der Waals surface area contributed by atoms with Crippen LogP contribution in [0.5, 0.6) is 0 Å². The first kappa shape index (κ1) is 31.6. The number of anilines is 3. The Morgan fingerprint density at radius 1 is 1.02 bits per heavy atom. The van der Waals surface area contributed by atoms with Gasteiger partial charge in [0.05, 0.1) is 25.0 Å². The molecule has 0 spiro atoms. The molecule has 2 heterocycles. The highest BCUT2D eigenvalue weighted by Gasteiger charge is 2.24. The van der Waals surface area contributed by atoms with Gasteiger partial charge in [-0.05, 0) is 65.9 Å². The molecule has 0 radical (unpaired) electrons. The van der Waals surface area contributed by atoms with Gasteiger partial charge in [0.2, 0.25) is 0 Å². The van der Waals surface area contributed by atoms with E-state index in [1.54, 1.807) is 42.4 Å². The Hall–Kier alpha value is -4.80. The molecule has 10 nitrogen and oxygen atoms in total. The second-order valence-electron chi connectivity index (χ2n) is 12.3. The smallest absolute Gasteiger partial charge is 0.293 e. The monoisotopic (exact) mass is 609 g/mol. The van der Waals surface area contributed by atoms with Crippen molar-refractivity contribution in [3.8, 4) is 11.3 Å². The Bertz CT molecular complexity index is 1760. The van der Waals surface area contributed by atoms with E-state index in [0.29, 0.717) is 47.9 Å². The molecule has 1 atom stereocenters. The molecule has 2 amide bonds. The largest absolute Gasteiger partial charge is 0.394 e. The van der Waals surface area contributed by atoms with Crippen molar-refractivity contribution in [1.82, 2.24) is 14.5 Å². The minimum atomic E-state index is -0.385. The maximum absolute atomic E-state index is 13.1. The van der Waals surface area contributed by atoms with Crippen molar-refractivity contribution in [1.29, 1.82) is 0 Å². The van der Waals surface area contributed by atoms with Gasteiger partial charge in [-0.3, -0.25) is 14.4 Å². The number of benzene rings is 3. The number of amides is 2. The molecule has 3 N–H and O–H groups in total. The molecule has 1 saturated heterocycles. The summed E-state index contributed by atoms with van der Waals surface area (Å²) in [6.45, 7) is 9.32. The minimum absolute atomic E-state index is 0.00644. The van der Waals surface area contributed by atoms with Crippen molar-refractivity contribution in [2.75, 3.05) is 36.9 Å². The van der Waals surface area contributed by atoms with Gasteiger partial charge < -0.3 is 29.9 Å².